The highest BCUT2D eigenvalue weighted by atomic mass is 16.5. The van der Waals surface area contributed by atoms with E-state index in [0.717, 1.165) is 24.1 Å². The normalized spacial score (nSPS) is 16.0. The summed E-state index contributed by atoms with van der Waals surface area (Å²) in [5, 5.41) is 9.62. The van der Waals surface area contributed by atoms with E-state index in [1.54, 1.807) is 11.8 Å². The van der Waals surface area contributed by atoms with E-state index in [4.69, 9.17) is 4.74 Å². The number of hydrogen-bond donors (Lipinski definition) is 1. The van der Waals surface area contributed by atoms with Crippen LogP contribution in [0.2, 0.25) is 0 Å². The molecule has 0 bridgehead atoms. The summed E-state index contributed by atoms with van der Waals surface area (Å²) in [7, 11) is 0. The van der Waals surface area contributed by atoms with E-state index in [-0.39, 0.29) is 12.3 Å². The first-order valence-electron chi connectivity index (χ1n) is 7.79. The second kappa shape index (κ2) is 7.40. The summed E-state index contributed by atoms with van der Waals surface area (Å²) >= 11 is 0. The second-order valence-electron chi connectivity index (χ2n) is 5.65. The Morgan fingerprint density at radius 3 is 2.82 bits per heavy atom. The number of fused-ring (bicyclic) bond motifs is 1. The molecule has 0 saturated heterocycles. The Bertz CT molecular complexity index is 543. The standard InChI is InChI=1S/C17H23NO4/c1-3-6-14(19)11-16(20)22-12(2)17(21)18-10-9-13-7-4-5-8-15(13)18/h4-5,7-8,12,14,19H,3,6,9-11H2,1-2H3/t12-,14-/m0/s1. The van der Waals surface area contributed by atoms with Gasteiger partial charge in [-0.15, -0.1) is 0 Å². The van der Waals surface area contributed by atoms with Gasteiger partial charge in [0, 0.05) is 12.2 Å². The molecule has 1 aliphatic rings. The molecule has 22 heavy (non-hydrogen) atoms. The van der Waals surface area contributed by atoms with E-state index in [1.807, 2.05) is 31.2 Å². The molecule has 1 aromatic carbocycles. The van der Waals surface area contributed by atoms with Crippen LogP contribution in [-0.4, -0.2) is 35.7 Å². The van der Waals surface area contributed by atoms with Crippen LogP contribution in [0.4, 0.5) is 5.69 Å². The predicted molar refractivity (Wildman–Crippen MR) is 83.6 cm³/mol. The molecule has 5 heteroatoms. The number of hydrogen-bond acceptors (Lipinski definition) is 4. The van der Waals surface area contributed by atoms with E-state index < -0.39 is 18.2 Å². The number of benzene rings is 1. The first kappa shape index (κ1) is 16.5. The average molecular weight is 305 g/mol. The molecule has 1 heterocycles. The Hall–Kier alpha value is -1.88. The first-order chi connectivity index (χ1) is 10.5. The zero-order valence-corrected chi connectivity index (χ0v) is 13.1. The van der Waals surface area contributed by atoms with Gasteiger partial charge in [-0.05, 0) is 31.4 Å². The van der Waals surface area contributed by atoms with Crippen molar-refractivity contribution in [1.82, 2.24) is 0 Å². The smallest absolute Gasteiger partial charge is 0.309 e. The van der Waals surface area contributed by atoms with Crippen LogP contribution in [0, 0.1) is 0 Å². The monoisotopic (exact) mass is 305 g/mol. The molecule has 1 amide bonds. The number of rotatable bonds is 6. The number of esters is 1. The molecule has 1 aromatic rings. The molecule has 5 nitrogen and oxygen atoms in total. The molecule has 0 aromatic heterocycles. The number of ether oxygens (including phenoxy) is 1. The largest absolute Gasteiger partial charge is 0.452 e. The second-order valence-corrected chi connectivity index (χ2v) is 5.65. The van der Waals surface area contributed by atoms with Crippen molar-refractivity contribution < 1.29 is 19.4 Å². The Morgan fingerprint density at radius 2 is 2.09 bits per heavy atom. The Balaban J connectivity index is 1.92. The van der Waals surface area contributed by atoms with E-state index >= 15 is 0 Å². The van der Waals surface area contributed by atoms with Crippen LogP contribution in [0.5, 0.6) is 0 Å². The van der Waals surface area contributed by atoms with Crippen LogP contribution in [-0.2, 0) is 20.7 Å². The minimum Gasteiger partial charge on any atom is -0.452 e. The lowest BCUT2D eigenvalue weighted by atomic mass is 10.1. The Kier molecular flexibility index (Phi) is 5.55. The van der Waals surface area contributed by atoms with Crippen LogP contribution < -0.4 is 4.90 Å². The lowest BCUT2D eigenvalue weighted by Gasteiger charge is -2.22. The zero-order valence-electron chi connectivity index (χ0n) is 13.1. The van der Waals surface area contributed by atoms with Crippen molar-refractivity contribution in [3.8, 4) is 0 Å². The minimum absolute atomic E-state index is 0.0674. The average Bonchev–Trinajstić information content (AvgIpc) is 2.90. The number of anilines is 1. The summed E-state index contributed by atoms with van der Waals surface area (Å²) in [6.07, 6.45) is 0.560. The maximum absolute atomic E-state index is 12.4. The van der Waals surface area contributed by atoms with E-state index in [0.29, 0.717) is 13.0 Å². The number of amides is 1. The maximum Gasteiger partial charge on any atom is 0.309 e. The van der Waals surface area contributed by atoms with E-state index in [9.17, 15) is 14.7 Å². The Morgan fingerprint density at radius 1 is 1.36 bits per heavy atom. The van der Waals surface area contributed by atoms with E-state index in [2.05, 4.69) is 0 Å². The number of aliphatic hydroxyl groups is 1. The third-order valence-corrected chi connectivity index (χ3v) is 3.83. The summed E-state index contributed by atoms with van der Waals surface area (Å²) in [5.41, 5.74) is 2.02. The quantitative estimate of drug-likeness (QED) is 0.817. The molecule has 1 aliphatic heterocycles. The summed E-state index contributed by atoms with van der Waals surface area (Å²) in [4.78, 5) is 25.9. The number of carbonyl (C=O) groups is 2. The van der Waals surface area contributed by atoms with Gasteiger partial charge in [-0.1, -0.05) is 31.5 Å². The number of para-hydroxylation sites is 1. The highest BCUT2D eigenvalue weighted by Crippen LogP contribution is 2.28. The molecule has 0 fully saturated rings. The van der Waals surface area contributed by atoms with Crippen LogP contribution in [0.1, 0.15) is 38.7 Å². The fourth-order valence-corrected chi connectivity index (χ4v) is 2.71. The molecular weight excluding hydrogens is 282 g/mol. The number of aliphatic hydroxyl groups excluding tert-OH is 1. The number of nitrogens with zero attached hydrogens (tertiary/aromatic N) is 1. The molecule has 0 saturated carbocycles. The highest BCUT2D eigenvalue weighted by molar-refractivity contribution is 5.99. The fraction of sp³-hybridized carbons (Fsp3) is 0.529. The predicted octanol–water partition coefficient (Wildman–Crippen LogP) is 2.06. The van der Waals surface area contributed by atoms with Crippen LogP contribution in [0.3, 0.4) is 0 Å². The SMILES string of the molecule is CCC[C@H](O)CC(=O)O[C@@H](C)C(=O)N1CCc2ccccc21. The van der Waals surface area contributed by atoms with Crippen LogP contribution in [0.15, 0.2) is 24.3 Å². The lowest BCUT2D eigenvalue weighted by molar-refractivity contribution is -0.155. The van der Waals surface area contributed by atoms with Gasteiger partial charge in [-0.25, -0.2) is 0 Å². The minimum atomic E-state index is -0.840. The molecule has 2 rings (SSSR count). The van der Waals surface area contributed by atoms with Gasteiger partial charge in [0.15, 0.2) is 6.10 Å². The molecular formula is C17H23NO4. The maximum atomic E-state index is 12.4. The molecule has 1 N–H and O–H groups in total. The van der Waals surface area contributed by atoms with Crippen molar-refractivity contribution in [2.24, 2.45) is 0 Å². The molecule has 0 radical (unpaired) electrons. The third kappa shape index (κ3) is 3.85. The van der Waals surface area contributed by atoms with Crippen LogP contribution in [0.25, 0.3) is 0 Å². The Labute approximate surface area is 130 Å². The first-order valence-corrected chi connectivity index (χ1v) is 7.79. The topological polar surface area (TPSA) is 66.8 Å². The molecule has 2 atom stereocenters. The van der Waals surface area contributed by atoms with Gasteiger partial charge in [0.2, 0.25) is 0 Å². The van der Waals surface area contributed by atoms with Gasteiger partial charge in [-0.2, -0.15) is 0 Å². The van der Waals surface area contributed by atoms with Crippen LogP contribution >= 0.6 is 0 Å². The third-order valence-electron chi connectivity index (χ3n) is 3.83. The van der Waals surface area contributed by atoms with Gasteiger partial charge < -0.3 is 14.7 Å². The molecule has 0 aliphatic carbocycles. The van der Waals surface area contributed by atoms with Crippen molar-refractivity contribution in [2.45, 2.75) is 51.7 Å². The van der Waals surface area contributed by atoms with Gasteiger partial charge in [0.1, 0.15) is 0 Å². The summed E-state index contributed by atoms with van der Waals surface area (Å²) < 4.78 is 5.17. The lowest BCUT2D eigenvalue weighted by Crippen LogP contribution is -2.39. The van der Waals surface area contributed by atoms with Gasteiger partial charge in [0.05, 0.1) is 12.5 Å². The summed E-state index contributed by atoms with van der Waals surface area (Å²) in [5.74, 6) is -0.752. The number of carbonyl (C=O) groups excluding carboxylic acids is 2. The summed E-state index contributed by atoms with van der Waals surface area (Å²) in [6, 6.07) is 7.74. The highest BCUT2D eigenvalue weighted by Gasteiger charge is 2.29. The van der Waals surface area contributed by atoms with Crippen molar-refractivity contribution in [3.05, 3.63) is 29.8 Å². The van der Waals surface area contributed by atoms with Crippen molar-refractivity contribution >= 4 is 17.6 Å². The van der Waals surface area contributed by atoms with Crippen molar-refractivity contribution in [1.29, 1.82) is 0 Å². The molecule has 120 valence electrons. The zero-order chi connectivity index (χ0) is 16.1. The van der Waals surface area contributed by atoms with E-state index in [1.165, 1.54) is 0 Å². The molecule has 0 unspecified atom stereocenters. The fourth-order valence-electron chi connectivity index (χ4n) is 2.71. The van der Waals surface area contributed by atoms with Crippen molar-refractivity contribution in [3.63, 3.8) is 0 Å². The summed E-state index contributed by atoms with van der Waals surface area (Å²) in [6.45, 7) is 4.12. The van der Waals surface area contributed by atoms with Crippen molar-refractivity contribution in [2.75, 3.05) is 11.4 Å². The van der Waals surface area contributed by atoms with Gasteiger partial charge in [0.25, 0.3) is 5.91 Å². The molecule has 0 spiro atoms. The van der Waals surface area contributed by atoms with Gasteiger partial charge >= 0.3 is 5.97 Å². The van der Waals surface area contributed by atoms with Gasteiger partial charge in [-0.3, -0.25) is 9.59 Å².